The molecule has 0 amide bonds. The van der Waals surface area contributed by atoms with Crippen molar-refractivity contribution in [2.24, 2.45) is 0 Å². The van der Waals surface area contributed by atoms with Gasteiger partial charge >= 0.3 is 5.97 Å². The Morgan fingerprint density at radius 2 is 2.00 bits per heavy atom. The minimum Gasteiger partial charge on any atom is -0.490 e. The van der Waals surface area contributed by atoms with Gasteiger partial charge in [-0.25, -0.2) is 4.79 Å². The zero-order valence-corrected chi connectivity index (χ0v) is 13.6. The molecule has 2 aliphatic heterocycles. The molecule has 1 unspecified atom stereocenters. The molecule has 2 aromatic rings. The molecule has 6 nitrogen and oxygen atoms in total. The third-order valence-corrected chi connectivity index (χ3v) is 4.11. The van der Waals surface area contributed by atoms with Crippen LogP contribution in [0, 0.1) is 0 Å². The van der Waals surface area contributed by atoms with E-state index in [1.54, 1.807) is 36.4 Å². The average Bonchev–Trinajstić information content (AvgIpc) is 3.31. The van der Waals surface area contributed by atoms with Crippen LogP contribution in [0.4, 0.5) is 0 Å². The Labute approximate surface area is 145 Å². The number of hydrogen-bond acceptors (Lipinski definition) is 6. The summed E-state index contributed by atoms with van der Waals surface area (Å²) >= 11 is 0. The van der Waals surface area contributed by atoms with Crippen LogP contribution in [0.2, 0.25) is 0 Å². The van der Waals surface area contributed by atoms with Gasteiger partial charge in [0.15, 0.2) is 11.5 Å². The quantitative estimate of drug-likeness (QED) is 0.614. The molecule has 6 heteroatoms. The van der Waals surface area contributed by atoms with Crippen LogP contribution in [-0.4, -0.2) is 32.1 Å². The van der Waals surface area contributed by atoms with Gasteiger partial charge in [-0.05, 0) is 37.1 Å². The van der Waals surface area contributed by atoms with Crippen LogP contribution in [0.5, 0.6) is 23.0 Å². The van der Waals surface area contributed by atoms with Crippen molar-refractivity contribution in [2.75, 3.05) is 20.0 Å². The predicted octanol–water partition coefficient (Wildman–Crippen LogP) is 3.19. The predicted molar refractivity (Wildman–Crippen MR) is 88.4 cm³/mol. The molecule has 2 aliphatic rings. The average molecular weight is 342 g/mol. The number of ether oxygens (including phenoxy) is 5. The van der Waals surface area contributed by atoms with E-state index in [1.165, 1.54) is 0 Å². The van der Waals surface area contributed by atoms with E-state index in [0.29, 0.717) is 35.2 Å². The first-order chi connectivity index (χ1) is 12.3. The first-order valence-electron chi connectivity index (χ1n) is 8.25. The maximum Gasteiger partial charge on any atom is 0.347 e. The highest BCUT2D eigenvalue weighted by atomic mass is 16.7. The summed E-state index contributed by atoms with van der Waals surface area (Å²) in [5, 5.41) is 0. The SMILES string of the molecule is O=C(Oc1ccc2c(c1)OCO2)c1ccccc1OCC1CCCO1. The van der Waals surface area contributed by atoms with Gasteiger partial charge in [-0.1, -0.05) is 12.1 Å². The second-order valence-electron chi connectivity index (χ2n) is 5.85. The van der Waals surface area contributed by atoms with Crippen LogP contribution in [0.1, 0.15) is 23.2 Å². The lowest BCUT2D eigenvalue weighted by Crippen LogP contribution is -2.18. The minimum atomic E-state index is -0.484. The van der Waals surface area contributed by atoms with Crippen molar-refractivity contribution < 1.29 is 28.5 Å². The standard InChI is InChI=1S/C19H18O6/c20-19(25-13-7-8-17-18(10-13)24-12-23-17)15-5-1-2-6-16(15)22-11-14-4-3-9-21-14/h1-2,5-8,10,14H,3-4,9,11-12H2. The van der Waals surface area contributed by atoms with E-state index in [1.807, 2.05) is 6.07 Å². The van der Waals surface area contributed by atoms with E-state index in [9.17, 15) is 4.79 Å². The van der Waals surface area contributed by atoms with Crippen LogP contribution in [-0.2, 0) is 4.74 Å². The second-order valence-corrected chi connectivity index (χ2v) is 5.85. The highest BCUT2D eigenvalue weighted by Gasteiger charge is 2.20. The highest BCUT2D eigenvalue weighted by molar-refractivity contribution is 5.94. The number of esters is 1. The second kappa shape index (κ2) is 7.03. The third kappa shape index (κ3) is 3.53. The Balaban J connectivity index is 1.46. The van der Waals surface area contributed by atoms with Crippen LogP contribution in [0.25, 0.3) is 0 Å². The van der Waals surface area contributed by atoms with Gasteiger partial charge in [-0.15, -0.1) is 0 Å². The van der Waals surface area contributed by atoms with Gasteiger partial charge in [0.05, 0.1) is 6.10 Å². The fourth-order valence-corrected chi connectivity index (χ4v) is 2.82. The van der Waals surface area contributed by atoms with Crippen molar-refractivity contribution in [3.8, 4) is 23.0 Å². The van der Waals surface area contributed by atoms with Crippen molar-refractivity contribution >= 4 is 5.97 Å². The molecule has 25 heavy (non-hydrogen) atoms. The molecule has 2 heterocycles. The van der Waals surface area contributed by atoms with Crippen molar-refractivity contribution in [2.45, 2.75) is 18.9 Å². The van der Waals surface area contributed by atoms with Gasteiger partial charge in [0.25, 0.3) is 0 Å². The van der Waals surface area contributed by atoms with Crippen LogP contribution in [0.3, 0.4) is 0 Å². The molecule has 2 aromatic carbocycles. The molecule has 130 valence electrons. The summed E-state index contributed by atoms with van der Waals surface area (Å²) in [6, 6.07) is 12.0. The molecule has 0 aromatic heterocycles. The molecule has 4 rings (SSSR count). The largest absolute Gasteiger partial charge is 0.490 e. The van der Waals surface area contributed by atoms with E-state index in [4.69, 9.17) is 23.7 Å². The summed E-state index contributed by atoms with van der Waals surface area (Å²) in [4.78, 5) is 12.5. The zero-order chi connectivity index (χ0) is 17.1. The molecule has 1 atom stereocenters. The van der Waals surface area contributed by atoms with Crippen molar-refractivity contribution in [3.05, 3.63) is 48.0 Å². The topological polar surface area (TPSA) is 63.2 Å². The van der Waals surface area contributed by atoms with Crippen molar-refractivity contribution in [1.29, 1.82) is 0 Å². The molecule has 0 bridgehead atoms. The monoisotopic (exact) mass is 342 g/mol. The molecular weight excluding hydrogens is 324 g/mol. The number of fused-ring (bicyclic) bond motifs is 1. The smallest absolute Gasteiger partial charge is 0.347 e. The van der Waals surface area contributed by atoms with Gasteiger partial charge in [0.2, 0.25) is 6.79 Å². The van der Waals surface area contributed by atoms with Crippen molar-refractivity contribution in [1.82, 2.24) is 0 Å². The maximum absolute atomic E-state index is 12.5. The van der Waals surface area contributed by atoms with Crippen LogP contribution >= 0.6 is 0 Å². The Morgan fingerprint density at radius 1 is 1.12 bits per heavy atom. The number of para-hydroxylation sites is 1. The fraction of sp³-hybridized carbons (Fsp3) is 0.316. The Morgan fingerprint density at radius 3 is 2.88 bits per heavy atom. The molecule has 0 N–H and O–H groups in total. The van der Waals surface area contributed by atoms with Gasteiger partial charge in [-0.3, -0.25) is 0 Å². The van der Waals surface area contributed by atoms with Gasteiger partial charge in [0, 0.05) is 12.7 Å². The lowest BCUT2D eigenvalue weighted by molar-refractivity contribution is 0.0644. The Hall–Kier alpha value is -2.73. The molecule has 1 saturated heterocycles. The van der Waals surface area contributed by atoms with Crippen molar-refractivity contribution in [3.63, 3.8) is 0 Å². The first kappa shape index (κ1) is 15.8. The van der Waals surface area contributed by atoms with Gasteiger partial charge in [0.1, 0.15) is 23.7 Å². The number of carbonyl (C=O) groups is 1. The van der Waals surface area contributed by atoms with E-state index in [2.05, 4.69) is 0 Å². The Kier molecular flexibility index (Phi) is 4.43. The van der Waals surface area contributed by atoms with E-state index >= 15 is 0 Å². The van der Waals surface area contributed by atoms with Crippen LogP contribution in [0.15, 0.2) is 42.5 Å². The lowest BCUT2D eigenvalue weighted by Gasteiger charge is -2.14. The molecule has 1 fully saturated rings. The number of carbonyl (C=O) groups excluding carboxylic acids is 1. The van der Waals surface area contributed by atoms with Crippen LogP contribution < -0.4 is 18.9 Å². The minimum absolute atomic E-state index is 0.0814. The normalized spacial score (nSPS) is 18.2. The first-order valence-corrected chi connectivity index (χ1v) is 8.25. The van der Waals surface area contributed by atoms with E-state index in [0.717, 1.165) is 19.4 Å². The summed E-state index contributed by atoms with van der Waals surface area (Å²) in [7, 11) is 0. The highest BCUT2D eigenvalue weighted by Crippen LogP contribution is 2.35. The molecular formula is C19H18O6. The maximum atomic E-state index is 12.5. The molecule has 0 radical (unpaired) electrons. The zero-order valence-electron chi connectivity index (χ0n) is 13.6. The molecule has 0 aliphatic carbocycles. The summed E-state index contributed by atoms with van der Waals surface area (Å²) in [6.07, 6.45) is 2.10. The molecule has 0 spiro atoms. The lowest BCUT2D eigenvalue weighted by atomic mass is 10.2. The van der Waals surface area contributed by atoms with Gasteiger partial charge in [-0.2, -0.15) is 0 Å². The third-order valence-electron chi connectivity index (χ3n) is 4.11. The number of hydrogen-bond donors (Lipinski definition) is 0. The van der Waals surface area contributed by atoms with E-state index < -0.39 is 5.97 Å². The van der Waals surface area contributed by atoms with E-state index in [-0.39, 0.29) is 12.9 Å². The fourth-order valence-electron chi connectivity index (χ4n) is 2.82. The molecule has 0 saturated carbocycles. The summed E-state index contributed by atoms with van der Waals surface area (Å²) in [6.45, 7) is 1.36. The summed E-state index contributed by atoms with van der Waals surface area (Å²) in [5.41, 5.74) is 0.373. The number of benzene rings is 2. The summed E-state index contributed by atoms with van der Waals surface area (Å²) < 4.78 is 27.3. The van der Waals surface area contributed by atoms with Gasteiger partial charge < -0.3 is 23.7 Å². The Bertz CT molecular complexity index is 766. The number of rotatable bonds is 5. The summed E-state index contributed by atoms with van der Waals surface area (Å²) in [5.74, 6) is 1.60.